The molecule has 2 amide bonds. The van der Waals surface area contributed by atoms with Gasteiger partial charge in [0.15, 0.2) is 0 Å². The molecular weight excluding hydrogens is 325 g/mol. The van der Waals surface area contributed by atoms with Crippen LogP contribution in [0.2, 0.25) is 0 Å². The molecule has 0 spiro atoms. The van der Waals surface area contributed by atoms with Gasteiger partial charge >= 0.3 is 0 Å². The number of anilines is 1. The number of nitrogens with one attached hydrogen (secondary N) is 2. The van der Waals surface area contributed by atoms with E-state index in [4.69, 9.17) is 4.74 Å². The predicted molar refractivity (Wildman–Crippen MR) is 90.3 cm³/mol. The quantitative estimate of drug-likeness (QED) is 0.789. The van der Waals surface area contributed by atoms with E-state index < -0.39 is 6.04 Å². The Hall–Kier alpha value is -2.15. The van der Waals surface area contributed by atoms with Crippen molar-refractivity contribution in [2.45, 2.75) is 37.6 Å². The Morgan fingerprint density at radius 2 is 1.96 bits per heavy atom. The van der Waals surface area contributed by atoms with E-state index in [0.29, 0.717) is 37.3 Å². The van der Waals surface area contributed by atoms with Gasteiger partial charge in [0.05, 0.1) is 12.2 Å². The minimum atomic E-state index is -0.410. The van der Waals surface area contributed by atoms with Gasteiger partial charge in [-0.05, 0) is 50.4 Å². The summed E-state index contributed by atoms with van der Waals surface area (Å²) in [6, 6.07) is 2.76. The van der Waals surface area contributed by atoms with Crippen molar-refractivity contribution in [3.63, 3.8) is 0 Å². The fourth-order valence-electron chi connectivity index (χ4n) is 4.10. The Bertz CT molecular complexity index is 703. The Morgan fingerprint density at radius 3 is 2.72 bits per heavy atom. The molecule has 3 aliphatic rings. The fraction of sp³-hybridized carbons (Fsp3) is 0.556. The van der Waals surface area contributed by atoms with Gasteiger partial charge in [-0.15, -0.1) is 0 Å². The fourth-order valence-corrected chi connectivity index (χ4v) is 4.10. The Morgan fingerprint density at radius 1 is 1.16 bits per heavy atom. The number of fused-ring (bicyclic) bond motifs is 1. The number of rotatable bonds is 2. The van der Waals surface area contributed by atoms with E-state index in [2.05, 4.69) is 10.6 Å². The van der Waals surface area contributed by atoms with Gasteiger partial charge in [-0.2, -0.15) is 0 Å². The zero-order valence-corrected chi connectivity index (χ0v) is 14.0. The van der Waals surface area contributed by atoms with Crippen LogP contribution in [-0.2, 0) is 9.59 Å². The molecule has 1 atom stereocenters. The number of ether oxygens (including phenoxy) is 1. The van der Waals surface area contributed by atoms with Crippen LogP contribution in [-0.4, -0.2) is 44.1 Å². The largest absolute Gasteiger partial charge is 0.489 e. The van der Waals surface area contributed by atoms with E-state index in [-0.39, 0.29) is 23.5 Å². The summed E-state index contributed by atoms with van der Waals surface area (Å²) in [7, 11) is 0. The lowest BCUT2D eigenvalue weighted by atomic mass is 9.88. The summed E-state index contributed by atoms with van der Waals surface area (Å²) in [5.74, 6) is -0.0578. The van der Waals surface area contributed by atoms with Crippen molar-refractivity contribution in [1.29, 1.82) is 0 Å². The van der Waals surface area contributed by atoms with E-state index in [1.54, 1.807) is 6.07 Å². The molecule has 0 bridgehead atoms. The van der Waals surface area contributed by atoms with Crippen molar-refractivity contribution < 1.29 is 18.7 Å². The van der Waals surface area contributed by atoms with Gasteiger partial charge in [0.25, 0.3) is 0 Å². The van der Waals surface area contributed by atoms with Crippen LogP contribution in [0.15, 0.2) is 12.1 Å². The highest BCUT2D eigenvalue weighted by Gasteiger charge is 2.36. The molecule has 25 heavy (non-hydrogen) atoms. The Labute approximate surface area is 145 Å². The molecule has 7 heteroatoms. The van der Waals surface area contributed by atoms with Crippen molar-refractivity contribution in [2.24, 2.45) is 0 Å². The standard InChI is InChI=1S/C18H22FN3O3/c19-12-1-2-13-17(16(12)11-5-7-20-8-6-11)25-10-9-22(13)14-3-4-15(23)21-18(14)24/h1-2,11,14,20H,3-10H2,(H,21,23,24). The van der Waals surface area contributed by atoms with Gasteiger partial charge in [0.2, 0.25) is 11.8 Å². The summed E-state index contributed by atoms with van der Waals surface area (Å²) >= 11 is 0. The molecule has 134 valence electrons. The molecule has 0 radical (unpaired) electrons. The first-order valence-corrected chi connectivity index (χ1v) is 8.91. The van der Waals surface area contributed by atoms with Crippen LogP contribution in [0.1, 0.15) is 37.2 Å². The van der Waals surface area contributed by atoms with E-state index >= 15 is 0 Å². The van der Waals surface area contributed by atoms with Crippen molar-refractivity contribution in [1.82, 2.24) is 10.6 Å². The third-order valence-corrected chi connectivity index (χ3v) is 5.34. The lowest BCUT2D eigenvalue weighted by molar-refractivity contribution is -0.134. The number of benzene rings is 1. The number of carbonyl (C=O) groups excluding carboxylic acids is 2. The normalized spacial score (nSPS) is 24.5. The van der Waals surface area contributed by atoms with Crippen LogP contribution >= 0.6 is 0 Å². The summed E-state index contributed by atoms with van der Waals surface area (Å²) in [5.41, 5.74) is 1.40. The van der Waals surface area contributed by atoms with Gasteiger partial charge in [0.1, 0.15) is 24.2 Å². The number of carbonyl (C=O) groups is 2. The van der Waals surface area contributed by atoms with Crippen molar-refractivity contribution >= 4 is 17.5 Å². The van der Waals surface area contributed by atoms with Crippen LogP contribution < -0.4 is 20.3 Å². The van der Waals surface area contributed by atoms with Crippen LogP contribution in [0, 0.1) is 5.82 Å². The van der Waals surface area contributed by atoms with Crippen molar-refractivity contribution in [2.75, 3.05) is 31.1 Å². The lowest BCUT2D eigenvalue weighted by Gasteiger charge is -2.39. The van der Waals surface area contributed by atoms with Gasteiger partial charge < -0.3 is 15.0 Å². The molecule has 2 N–H and O–H groups in total. The van der Waals surface area contributed by atoms with Gasteiger partial charge in [0, 0.05) is 12.0 Å². The number of halogens is 1. The Balaban J connectivity index is 1.70. The maximum atomic E-state index is 14.6. The molecule has 3 aliphatic heterocycles. The number of imide groups is 1. The minimum absolute atomic E-state index is 0.123. The predicted octanol–water partition coefficient (Wildman–Crippen LogP) is 1.30. The zero-order chi connectivity index (χ0) is 17.4. The summed E-state index contributed by atoms with van der Waals surface area (Å²) in [4.78, 5) is 25.7. The van der Waals surface area contributed by atoms with Crippen LogP contribution in [0.25, 0.3) is 0 Å². The number of hydrogen-bond acceptors (Lipinski definition) is 5. The summed E-state index contributed by atoms with van der Waals surface area (Å²) in [5, 5.41) is 5.70. The van der Waals surface area contributed by atoms with E-state index in [0.717, 1.165) is 31.6 Å². The minimum Gasteiger partial charge on any atom is -0.489 e. The summed E-state index contributed by atoms with van der Waals surface area (Å²) < 4.78 is 20.5. The molecule has 2 fully saturated rings. The first-order chi connectivity index (χ1) is 12.1. The monoisotopic (exact) mass is 347 g/mol. The highest BCUT2D eigenvalue weighted by atomic mass is 19.1. The van der Waals surface area contributed by atoms with Crippen molar-refractivity contribution in [3.05, 3.63) is 23.5 Å². The van der Waals surface area contributed by atoms with E-state index in [1.165, 1.54) is 6.07 Å². The molecule has 2 saturated heterocycles. The summed E-state index contributed by atoms with van der Waals surface area (Å²) in [6.07, 6.45) is 2.54. The molecule has 1 aromatic rings. The molecular formula is C18H22FN3O3. The average molecular weight is 347 g/mol. The third-order valence-electron chi connectivity index (χ3n) is 5.34. The number of hydrogen-bond donors (Lipinski definition) is 2. The highest BCUT2D eigenvalue weighted by Crippen LogP contribution is 2.43. The van der Waals surface area contributed by atoms with Gasteiger partial charge in [-0.1, -0.05) is 0 Å². The molecule has 1 unspecified atom stereocenters. The zero-order valence-electron chi connectivity index (χ0n) is 14.0. The first kappa shape index (κ1) is 16.3. The molecule has 0 saturated carbocycles. The number of nitrogens with zero attached hydrogens (tertiary/aromatic N) is 1. The number of amides is 2. The van der Waals surface area contributed by atoms with E-state index in [1.807, 2.05) is 4.90 Å². The topological polar surface area (TPSA) is 70.7 Å². The maximum absolute atomic E-state index is 14.6. The van der Waals surface area contributed by atoms with Gasteiger partial charge in [-0.3, -0.25) is 14.9 Å². The first-order valence-electron chi connectivity index (χ1n) is 8.91. The molecule has 3 heterocycles. The van der Waals surface area contributed by atoms with Crippen LogP contribution in [0.5, 0.6) is 5.75 Å². The van der Waals surface area contributed by atoms with Gasteiger partial charge in [-0.25, -0.2) is 4.39 Å². The lowest BCUT2D eigenvalue weighted by Crippen LogP contribution is -2.54. The maximum Gasteiger partial charge on any atom is 0.249 e. The molecule has 4 rings (SSSR count). The van der Waals surface area contributed by atoms with E-state index in [9.17, 15) is 14.0 Å². The Kier molecular flexibility index (Phi) is 4.33. The molecule has 6 nitrogen and oxygen atoms in total. The average Bonchev–Trinajstić information content (AvgIpc) is 2.62. The summed E-state index contributed by atoms with van der Waals surface area (Å²) in [6.45, 7) is 2.69. The molecule has 0 aliphatic carbocycles. The second-order valence-corrected chi connectivity index (χ2v) is 6.84. The smallest absolute Gasteiger partial charge is 0.249 e. The highest BCUT2D eigenvalue weighted by molar-refractivity contribution is 6.01. The van der Waals surface area contributed by atoms with Crippen molar-refractivity contribution in [3.8, 4) is 5.75 Å². The van der Waals surface area contributed by atoms with Crippen LogP contribution in [0.4, 0.5) is 10.1 Å². The van der Waals surface area contributed by atoms with Crippen LogP contribution in [0.3, 0.4) is 0 Å². The SMILES string of the molecule is O=C1CCC(N2CCOc3c2ccc(F)c3C2CCNCC2)C(=O)N1. The molecule has 0 aromatic heterocycles. The number of piperidine rings is 2. The second-order valence-electron chi connectivity index (χ2n) is 6.84. The molecule has 1 aromatic carbocycles. The third kappa shape index (κ3) is 2.97. The second kappa shape index (κ2) is 6.63.